The summed E-state index contributed by atoms with van der Waals surface area (Å²) >= 11 is 4.83. The Morgan fingerprint density at radius 2 is 1.80 bits per heavy atom. The molecule has 7 heteroatoms. The minimum absolute atomic E-state index is 0.00975. The van der Waals surface area contributed by atoms with Crippen LogP contribution >= 0.6 is 27.3 Å². The standard InChI is InChI=1S/C23H18BrNO4S/c1-12-9-10-30-22(12)19-18(20(27)14-7-8-15(24)13(2)11-14)21(28)23(29)25(19)16-5-3-4-6-17(16)26/h3-11,19,26-27H,1-2H3/b20-18-. The second-order valence-electron chi connectivity index (χ2n) is 7.09. The monoisotopic (exact) mass is 483 g/mol. The van der Waals surface area contributed by atoms with Crippen molar-refractivity contribution in [2.24, 2.45) is 0 Å². The highest BCUT2D eigenvalue weighted by Gasteiger charge is 2.48. The first-order chi connectivity index (χ1) is 14.3. The molecule has 0 spiro atoms. The number of rotatable bonds is 3. The molecule has 0 aliphatic carbocycles. The van der Waals surface area contributed by atoms with Crippen molar-refractivity contribution < 1.29 is 19.8 Å². The molecule has 1 aliphatic heterocycles. The summed E-state index contributed by atoms with van der Waals surface area (Å²) in [6, 6.07) is 12.7. The average Bonchev–Trinajstić information content (AvgIpc) is 3.25. The topological polar surface area (TPSA) is 77.8 Å². The molecule has 4 rings (SSSR count). The second kappa shape index (κ2) is 7.74. The van der Waals surface area contributed by atoms with Gasteiger partial charge >= 0.3 is 0 Å². The predicted octanol–water partition coefficient (Wildman–Crippen LogP) is 5.46. The number of Topliss-reactive ketones (excluding diaryl/α,β-unsaturated/α-hetero) is 1. The number of thiophene rings is 1. The number of anilines is 1. The maximum absolute atomic E-state index is 13.1. The molecule has 1 aromatic heterocycles. The Labute approximate surface area is 186 Å². The van der Waals surface area contributed by atoms with E-state index in [0.29, 0.717) is 5.56 Å². The number of phenolic OH excluding ortho intramolecular Hbond substituents is 1. The summed E-state index contributed by atoms with van der Waals surface area (Å²) in [5.74, 6) is -1.92. The summed E-state index contributed by atoms with van der Waals surface area (Å²) in [5, 5.41) is 23.4. The zero-order valence-corrected chi connectivity index (χ0v) is 18.6. The Balaban J connectivity index is 1.98. The van der Waals surface area contributed by atoms with Gasteiger partial charge in [0.25, 0.3) is 11.7 Å². The molecule has 1 aliphatic rings. The quantitative estimate of drug-likeness (QED) is 0.294. The molecule has 2 heterocycles. The number of nitrogens with zero attached hydrogens (tertiary/aromatic N) is 1. The largest absolute Gasteiger partial charge is 0.507 e. The summed E-state index contributed by atoms with van der Waals surface area (Å²) in [5.41, 5.74) is 2.46. The third-order valence-corrected chi connectivity index (χ3v) is 7.13. The number of para-hydroxylation sites is 2. The van der Waals surface area contributed by atoms with E-state index in [-0.39, 0.29) is 22.8 Å². The Bertz CT molecular complexity index is 1210. The van der Waals surface area contributed by atoms with E-state index in [4.69, 9.17) is 0 Å². The van der Waals surface area contributed by atoms with Crippen LogP contribution in [0.25, 0.3) is 5.76 Å². The number of amides is 1. The fourth-order valence-corrected chi connectivity index (χ4v) is 4.88. The van der Waals surface area contributed by atoms with E-state index in [9.17, 15) is 19.8 Å². The van der Waals surface area contributed by atoms with E-state index in [1.54, 1.807) is 36.4 Å². The van der Waals surface area contributed by atoms with Gasteiger partial charge in [-0.15, -0.1) is 11.3 Å². The zero-order chi connectivity index (χ0) is 21.6. The van der Waals surface area contributed by atoms with Crippen LogP contribution in [0.1, 0.15) is 27.6 Å². The summed E-state index contributed by atoms with van der Waals surface area (Å²) in [6.07, 6.45) is 0. The van der Waals surface area contributed by atoms with Crippen molar-refractivity contribution >= 4 is 50.4 Å². The van der Waals surface area contributed by atoms with E-state index >= 15 is 0 Å². The Hall–Kier alpha value is -2.90. The van der Waals surface area contributed by atoms with Crippen LogP contribution in [-0.4, -0.2) is 21.9 Å². The van der Waals surface area contributed by atoms with Gasteiger partial charge in [0.1, 0.15) is 17.6 Å². The van der Waals surface area contributed by atoms with Gasteiger partial charge in [-0.05, 0) is 60.7 Å². The predicted molar refractivity (Wildman–Crippen MR) is 121 cm³/mol. The normalized spacial score (nSPS) is 18.2. The fraction of sp³-hybridized carbons (Fsp3) is 0.130. The molecule has 30 heavy (non-hydrogen) atoms. The van der Waals surface area contributed by atoms with Crippen LogP contribution in [0.15, 0.2) is 64.0 Å². The van der Waals surface area contributed by atoms with E-state index < -0.39 is 17.7 Å². The molecule has 0 saturated carbocycles. The molecule has 0 bridgehead atoms. The molecule has 1 saturated heterocycles. The molecule has 1 amide bonds. The first-order valence-corrected chi connectivity index (χ1v) is 10.9. The van der Waals surface area contributed by atoms with Crippen molar-refractivity contribution in [1.29, 1.82) is 0 Å². The number of hydrogen-bond acceptors (Lipinski definition) is 5. The van der Waals surface area contributed by atoms with E-state index in [2.05, 4.69) is 15.9 Å². The van der Waals surface area contributed by atoms with Crippen LogP contribution in [0.3, 0.4) is 0 Å². The third kappa shape index (κ3) is 3.24. The highest BCUT2D eigenvalue weighted by molar-refractivity contribution is 9.10. The number of hydrogen-bond donors (Lipinski definition) is 2. The van der Waals surface area contributed by atoms with Crippen LogP contribution in [-0.2, 0) is 9.59 Å². The molecular weight excluding hydrogens is 466 g/mol. The highest BCUT2D eigenvalue weighted by Crippen LogP contribution is 2.46. The molecular formula is C23H18BrNO4S. The molecule has 0 radical (unpaired) electrons. The van der Waals surface area contributed by atoms with Gasteiger partial charge in [0.15, 0.2) is 0 Å². The number of ketones is 1. The zero-order valence-electron chi connectivity index (χ0n) is 16.2. The van der Waals surface area contributed by atoms with Crippen molar-refractivity contribution in [2.75, 3.05) is 4.90 Å². The summed E-state index contributed by atoms with van der Waals surface area (Å²) < 4.78 is 0.874. The van der Waals surface area contributed by atoms with Crippen molar-refractivity contribution in [3.8, 4) is 5.75 Å². The third-order valence-electron chi connectivity index (χ3n) is 5.17. The Morgan fingerprint density at radius 1 is 1.07 bits per heavy atom. The molecule has 2 aromatic carbocycles. The number of carbonyl (C=O) groups is 2. The number of halogens is 1. The van der Waals surface area contributed by atoms with Crippen LogP contribution in [0.5, 0.6) is 5.75 Å². The first kappa shape index (κ1) is 20.4. The number of benzene rings is 2. The van der Waals surface area contributed by atoms with Gasteiger partial charge in [-0.25, -0.2) is 0 Å². The second-order valence-corrected chi connectivity index (χ2v) is 8.89. The number of carbonyl (C=O) groups excluding carboxylic acids is 2. The van der Waals surface area contributed by atoms with E-state index in [0.717, 1.165) is 20.5 Å². The summed E-state index contributed by atoms with van der Waals surface area (Å²) in [7, 11) is 0. The molecule has 2 N–H and O–H groups in total. The molecule has 1 atom stereocenters. The lowest BCUT2D eigenvalue weighted by molar-refractivity contribution is -0.132. The Kier molecular flexibility index (Phi) is 5.26. The van der Waals surface area contributed by atoms with Gasteiger partial charge in [-0.3, -0.25) is 14.5 Å². The number of phenols is 1. The van der Waals surface area contributed by atoms with E-state index in [1.807, 2.05) is 25.3 Å². The minimum Gasteiger partial charge on any atom is -0.507 e. The van der Waals surface area contributed by atoms with Gasteiger partial charge in [0.2, 0.25) is 0 Å². The number of aryl methyl sites for hydroxylation is 2. The highest BCUT2D eigenvalue weighted by atomic mass is 79.9. The molecule has 3 aromatic rings. The van der Waals surface area contributed by atoms with Crippen LogP contribution in [0.4, 0.5) is 5.69 Å². The molecule has 1 fully saturated rings. The molecule has 1 unspecified atom stereocenters. The first-order valence-electron chi connectivity index (χ1n) is 9.20. The maximum Gasteiger partial charge on any atom is 0.300 e. The van der Waals surface area contributed by atoms with Crippen molar-refractivity contribution in [2.45, 2.75) is 19.9 Å². The van der Waals surface area contributed by atoms with Gasteiger partial charge in [0.05, 0.1) is 11.3 Å². The smallest absolute Gasteiger partial charge is 0.300 e. The number of aliphatic hydroxyl groups is 1. The van der Waals surface area contributed by atoms with Gasteiger partial charge in [-0.1, -0.05) is 34.1 Å². The van der Waals surface area contributed by atoms with Gasteiger partial charge in [0, 0.05) is 14.9 Å². The van der Waals surface area contributed by atoms with Crippen LogP contribution in [0.2, 0.25) is 0 Å². The lowest BCUT2D eigenvalue weighted by Crippen LogP contribution is -2.29. The Morgan fingerprint density at radius 3 is 2.43 bits per heavy atom. The maximum atomic E-state index is 13.1. The fourth-order valence-electron chi connectivity index (χ4n) is 3.61. The molecule has 152 valence electrons. The van der Waals surface area contributed by atoms with E-state index in [1.165, 1.54) is 22.3 Å². The lowest BCUT2D eigenvalue weighted by atomic mass is 9.97. The van der Waals surface area contributed by atoms with Crippen LogP contribution in [0, 0.1) is 13.8 Å². The molecule has 5 nitrogen and oxygen atoms in total. The average molecular weight is 484 g/mol. The number of aliphatic hydroxyl groups excluding tert-OH is 1. The van der Waals surface area contributed by atoms with Crippen molar-refractivity contribution in [3.05, 3.63) is 85.5 Å². The number of aromatic hydroxyl groups is 1. The van der Waals surface area contributed by atoms with Gasteiger partial charge < -0.3 is 10.2 Å². The SMILES string of the molecule is Cc1cc(/C(O)=C2/C(=O)C(=O)N(c3ccccc3O)C2c2sccc2C)ccc1Br. The van der Waals surface area contributed by atoms with Crippen molar-refractivity contribution in [3.63, 3.8) is 0 Å². The summed E-state index contributed by atoms with van der Waals surface area (Å²) in [4.78, 5) is 28.2. The van der Waals surface area contributed by atoms with Crippen LogP contribution < -0.4 is 4.90 Å². The van der Waals surface area contributed by atoms with Gasteiger partial charge in [-0.2, -0.15) is 0 Å². The minimum atomic E-state index is -0.831. The lowest BCUT2D eigenvalue weighted by Gasteiger charge is -2.25. The van der Waals surface area contributed by atoms with Crippen molar-refractivity contribution in [1.82, 2.24) is 0 Å². The summed E-state index contributed by atoms with van der Waals surface area (Å²) in [6.45, 7) is 3.77.